The highest BCUT2D eigenvalue weighted by molar-refractivity contribution is 7.11. The molecule has 7 nitrogen and oxygen atoms in total. The molecule has 0 radical (unpaired) electrons. The Morgan fingerprint density at radius 1 is 0.815 bits per heavy atom. The van der Waals surface area contributed by atoms with Gasteiger partial charge in [0.05, 0.1) is 26.4 Å². The van der Waals surface area contributed by atoms with E-state index in [-0.39, 0.29) is 5.70 Å². The third kappa shape index (κ3) is 10.0. The number of thiophene rings is 1. The third-order valence-electron chi connectivity index (χ3n) is 8.71. The number of nitriles is 1. The van der Waals surface area contributed by atoms with Crippen LogP contribution in [0.25, 0.3) is 21.6 Å². The molecule has 5 aromatic rings. The molecule has 1 aliphatic heterocycles. The maximum absolute atomic E-state index is 10.6. The van der Waals surface area contributed by atoms with Crippen molar-refractivity contribution in [2.24, 2.45) is 5.92 Å². The van der Waals surface area contributed by atoms with Crippen molar-refractivity contribution >= 4 is 34.0 Å². The van der Waals surface area contributed by atoms with Crippen LogP contribution in [0.15, 0.2) is 126 Å². The standard InChI is InChI=1S/C41H35N3O2S.C2HF3O2/c1-43-37(27-42)41(38-9-6-26-47-38)34-12-10-31(11-13-34)39(30-7-4-3-5-8-30)40(32-14-18-35(45-2)19-15-32)33-16-20-36(21-17-33)46-28-29-22-24-44-25-23-29;3-2(4,5)1(6)7/h3-21,26,29,44H,22-25,28H2,2H3;(H,6,7)/b40-39?,41-37+;. The zero-order valence-corrected chi connectivity index (χ0v) is 30.1. The van der Waals surface area contributed by atoms with E-state index in [4.69, 9.17) is 25.9 Å². The van der Waals surface area contributed by atoms with Crippen molar-refractivity contribution in [2.45, 2.75) is 19.0 Å². The van der Waals surface area contributed by atoms with Crippen LogP contribution in [0, 0.1) is 23.8 Å². The van der Waals surface area contributed by atoms with Gasteiger partial charge >= 0.3 is 12.1 Å². The zero-order chi connectivity index (χ0) is 38.5. The highest BCUT2D eigenvalue weighted by Gasteiger charge is 2.38. The molecule has 274 valence electrons. The number of aliphatic carboxylic acids is 1. The summed E-state index contributed by atoms with van der Waals surface area (Å²) in [6.45, 7) is 10.5. The lowest BCUT2D eigenvalue weighted by Gasteiger charge is -2.23. The van der Waals surface area contributed by atoms with Gasteiger partial charge in [-0.25, -0.2) is 14.9 Å². The molecule has 1 aromatic heterocycles. The van der Waals surface area contributed by atoms with Gasteiger partial charge in [-0.05, 0) is 107 Å². The molecular weight excluding hydrogens is 712 g/mol. The number of alkyl halides is 3. The number of hydrogen-bond donors (Lipinski definition) is 2. The van der Waals surface area contributed by atoms with Gasteiger partial charge in [0.2, 0.25) is 0 Å². The highest BCUT2D eigenvalue weighted by Crippen LogP contribution is 2.39. The predicted molar refractivity (Wildman–Crippen MR) is 205 cm³/mol. The lowest BCUT2D eigenvalue weighted by Crippen LogP contribution is -2.30. The van der Waals surface area contributed by atoms with Crippen LogP contribution in [0.2, 0.25) is 0 Å². The number of benzene rings is 4. The predicted octanol–water partition coefficient (Wildman–Crippen LogP) is 9.98. The number of rotatable bonds is 10. The van der Waals surface area contributed by atoms with E-state index in [0.717, 1.165) is 87.9 Å². The lowest BCUT2D eigenvalue weighted by molar-refractivity contribution is -0.192. The quantitative estimate of drug-likeness (QED) is 0.0839. The van der Waals surface area contributed by atoms with Crippen LogP contribution in [0.1, 0.15) is 45.5 Å². The summed E-state index contributed by atoms with van der Waals surface area (Å²) in [7, 11) is 1.68. The molecule has 54 heavy (non-hydrogen) atoms. The van der Waals surface area contributed by atoms with Gasteiger partial charge in [-0.1, -0.05) is 84.9 Å². The first-order valence-electron chi connectivity index (χ1n) is 17.0. The highest BCUT2D eigenvalue weighted by atomic mass is 32.1. The maximum atomic E-state index is 10.6. The van der Waals surface area contributed by atoms with Crippen LogP contribution in [0.3, 0.4) is 0 Å². The summed E-state index contributed by atoms with van der Waals surface area (Å²) in [5.41, 5.74) is 7.92. The van der Waals surface area contributed by atoms with E-state index in [1.165, 1.54) is 11.3 Å². The number of nitrogens with one attached hydrogen (secondary N) is 1. The topological polar surface area (TPSA) is 95.9 Å². The second kappa shape index (κ2) is 18.6. The van der Waals surface area contributed by atoms with Gasteiger partial charge in [-0.2, -0.15) is 13.2 Å². The van der Waals surface area contributed by atoms with E-state index in [1.807, 2.05) is 47.8 Å². The van der Waals surface area contributed by atoms with Gasteiger partial charge in [-0.15, -0.1) is 11.3 Å². The Morgan fingerprint density at radius 3 is 1.74 bits per heavy atom. The smallest absolute Gasteiger partial charge is 0.490 e. The molecule has 2 heterocycles. The van der Waals surface area contributed by atoms with Gasteiger partial charge in [0.25, 0.3) is 5.70 Å². The first-order chi connectivity index (χ1) is 26.1. The number of piperidine rings is 1. The lowest BCUT2D eigenvalue weighted by atomic mass is 9.85. The van der Waals surface area contributed by atoms with Gasteiger partial charge in [-0.3, -0.25) is 0 Å². The average molecular weight is 748 g/mol. The van der Waals surface area contributed by atoms with Crippen molar-refractivity contribution in [3.8, 4) is 17.6 Å². The Hall–Kier alpha value is -6.14. The number of hydrogen-bond acceptors (Lipinski definition) is 6. The van der Waals surface area contributed by atoms with E-state index in [0.29, 0.717) is 11.5 Å². The van der Waals surface area contributed by atoms with Crippen molar-refractivity contribution in [3.05, 3.63) is 170 Å². The molecule has 0 amide bonds. The third-order valence-corrected chi connectivity index (χ3v) is 9.59. The number of carboxylic acid groups (broad SMARTS) is 1. The average Bonchev–Trinajstić information content (AvgIpc) is 3.74. The summed E-state index contributed by atoms with van der Waals surface area (Å²) in [6.07, 6.45) is -2.80. The van der Waals surface area contributed by atoms with Gasteiger partial charge < -0.3 is 19.9 Å². The summed E-state index contributed by atoms with van der Waals surface area (Å²) in [5.74, 6) is -0.519. The molecule has 0 spiro atoms. The molecule has 1 saturated heterocycles. The first-order valence-corrected chi connectivity index (χ1v) is 17.9. The fourth-order valence-corrected chi connectivity index (χ4v) is 6.80. The van der Waals surface area contributed by atoms with Gasteiger partial charge in [0.1, 0.15) is 11.5 Å². The van der Waals surface area contributed by atoms with Crippen molar-refractivity contribution in [2.75, 3.05) is 26.8 Å². The summed E-state index contributed by atoms with van der Waals surface area (Å²) >= 11 is 1.52. The molecule has 1 fully saturated rings. The number of carboxylic acids is 1. The summed E-state index contributed by atoms with van der Waals surface area (Å²) < 4.78 is 43.5. The van der Waals surface area contributed by atoms with Crippen molar-refractivity contribution < 1.29 is 32.5 Å². The minimum atomic E-state index is -5.08. The SMILES string of the molecule is O=C(O)C(F)(F)F.[C-]#[N+]/C(C#N)=C(\c1ccc(C(=C(c2ccc(OC)cc2)c2ccc(OCC3CCNCC3)cc2)c2ccccc2)cc1)c1cccs1. The summed E-state index contributed by atoms with van der Waals surface area (Å²) in [4.78, 5) is 13.3. The van der Waals surface area contributed by atoms with Crippen LogP contribution < -0.4 is 14.8 Å². The number of carbonyl (C=O) groups is 1. The molecule has 11 heteroatoms. The van der Waals surface area contributed by atoms with E-state index >= 15 is 0 Å². The number of nitrogens with zero attached hydrogens (tertiary/aromatic N) is 2. The van der Waals surface area contributed by atoms with Crippen LogP contribution in [-0.2, 0) is 4.79 Å². The number of allylic oxidation sites excluding steroid dienone is 1. The molecule has 0 aliphatic carbocycles. The zero-order valence-electron chi connectivity index (χ0n) is 29.3. The Labute approximate surface area is 316 Å². The Balaban J connectivity index is 0.000000730. The Kier molecular flexibility index (Phi) is 13.4. The summed E-state index contributed by atoms with van der Waals surface area (Å²) in [6, 6.07) is 41.2. The molecule has 4 aromatic carbocycles. The van der Waals surface area contributed by atoms with Crippen molar-refractivity contribution in [1.82, 2.24) is 5.32 Å². The maximum Gasteiger partial charge on any atom is 0.490 e. The number of halogens is 3. The molecule has 0 saturated carbocycles. The molecule has 0 unspecified atom stereocenters. The molecular formula is C43H36F3N3O4S. The summed E-state index contributed by atoms with van der Waals surface area (Å²) in [5, 5.41) is 22.3. The van der Waals surface area contributed by atoms with E-state index in [9.17, 15) is 18.4 Å². The van der Waals surface area contributed by atoms with Gasteiger partial charge in [0.15, 0.2) is 0 Å². The molecule has 1 aliphatic rings. The first kappa shape index (κ1) is 39.1. The Morgan fingerprint density at radius 2 is 1.30 bits per heavy atom. The van der Waals surface area contributed by atoms with Crippen LogP contribution in [-0.4, -0.2) is 44.1 Å². The van der Waals surface area contributed by atoms with Gasteiger partial charge in [0, 0.05) is 10.5 Å². The molecule has 2 N–H and O–H groups in total. The molecule has 0 atom stereocenters. The van der Waals surface area contributed by atoms with E-state index in [1.54, 1.807) is 7.11 Å². The van der Waals surface area contributed by atoms with Crippen LogP contribution in [0.5, 0.6) is 11.5 Å². The largest absolute Gasteiger partial charge is 0.497 e. The van der Waals surface area contributed by atoms with E-state index in [2.05, 4.69) is 89.0 Å². The minimum Gasteiger partial charge on any atom is -0.497 e. The number of ether oxygens (including phenoxy) is 2. The monoisotopic (exact) mass is 747 g/mol. The molecule has 0 bridgehead atoms. The second-order valence-electron chi connectivity index (χ2n) is 12.2. The van der Waals surface area contributed by atoms with Crippen LogP contribution >= 0.6 is 11.3 Å². The fraction of sp³-hybridized carbons (Fsp3) is 0.186. The Bertz CT molecular complexity index is 2130. The van der Waals surface area contributed by atoms with Crippen molar-refractivity contribution in [1.29, 1.82) is 5.26 Å². The van der Waals surface area contributed by atoms with E-state index < -0.39 is 12.1 Å². The molecule has 6 rings (SSSR count). The van der Waals surface area contributed by atoms with Crippen molar-refractivity contribution in [3.63, 3.8) is 0 Å². The fourth-order valence-electron chi connectivity index (χ4n) is 6.01. The van der Waals surface area contributed by atoms with Crippen LogP contribution in [0.4, 0.5) is 13.2 Å². The number of methoxy groups -OCH3 is 1. The second-order valence-corrected chi connectivity index (χ2v) is 13.1. The normalized spacial score (nSPS) is 13.9. The minimum absolute atomic E-state index is 0.0837.